The number of carbonyl (C=O) groups excluding carboxylic acids is 1. The number of piperidine rings is 1. The largest absolute Gasteiger partial charge is 0.338 e. The van der Waals surface area contributed by atoms with E-state index in [-0.39, 0.29) is 17.2 Å². The van der Waals surface area contributed by atoms with Crippen molar-refractivity contribution in [3.63, 3.8) is 0 Å². The summed E-state index contributed by atoms with van der Waals surface area (Å²) in [4.78, 5) is 24.8. The van der Waals surface area contributed by atoms with Gasteiger partial charge in [0.1, 0.15) is 5.56 Å². The topological polar surface area (TPSA) is 75.5 Å². The summed E-state index contributed by atoms with van der Waals surface area (Å²) in [5.74, 6) is 0.262. The van der Waals surface area contributed by atoms with Crippen molar-refractivity contribution in [1.29, 1.82) is 0 Å². The van der Waals surface area contributed by atoms with Gasteiger partial charge < -0.3 is 10.2 Å². The SMILES string of the molecule is O=C(c1ccccc1[N+](=O)[O-])N1CCC2NCCC2C1. The molecule has 0 aromatic heterocycles. The third kappa shape index (κ3) is 2.27. The first kappa shape index (κ1) is 13.1. The highest BCUT2D eigenvalue weighted by Gasteiger charge is 2.35. The maximum absolute atomic E-state index is 12.5. The molecule has 0 spiro atoms. The van der Waals surface area contributed by atoms with Crippen molar-refractivity contribution in [3.05, 3.63) is 39.9 Å². The molecule has 2 unspecified atom stereocenters. The number of para-hydroxylation sites is 1. The Morgan fingerprint density at radius 3 is 2.95 bits per heavy atom. The smallest absolute Gasteiger partial charge is 0.282 e. The average Bonchev–Trinajstić information content (AvgIpc) is 2.93. The van der Waals surface area contributed by atoms with Gasteiger partial charge >= 0.3 is 0 Å². The molecule has 1 N–H and O–H groups in total. The zero-order valence-electron chi connectivity index (χ0n) is 11.1. The molecule has 3 rings (SSSR count). The highest BCUT2D eigenvalue weighted by atomic mass is 16.6. The van der Waals surface area contributed by atoms with Gasteiger partial charge in [-0.2, -0.15) is 0 Å². The summed E-state index contributed by atoms with van der Waals surface area (Å²) in [6.45, 7) is 2.37. The molecule has 0 saturated carbocycles. The summed E-state index contributed by atoms with van der Waals surface area (Å²) >= 11 is 0. The van der Waals surface area contributed by atoms with E-state index in [1.54, 1.807) is 23.1 Å². The van der Waals surface area contributed by atoms with Gasteiger partial charge in [0.05, 0.1) is 4.92 Å². The Hall–Kier alpha value is -1.95. The van der Waals surface area contributed by atoms with Crippen LogP contribution in [0.2, 0.25) is 0 Å². The van der Waals surface area contributed by atoms with E-state index in [1.807, 2.05) is 0 Å². The number of likely N-dealkylation sites (tertiary alicyclic amines) is 1. The molecule has 1 aromatic carbocycles. The molecule has 0 aliphatic carbocycles. The number of nitro benzene ring substituents is 1. The Bertz CT molecular complexity index is 546. The van der Waals surface area contributed by atoms with E-state index < -0.39 is 4.92 Å². The molecular formula is C14H17N3O3. The fourth-order valence-electron chi connectivity index (χ4n) is 3.22. The minimum atomic E-state index is -0.489. The minimum Gasteiger partial charge on any atom is -0.338 e. The molecule has 2 heterocycles. The van der Waals surface area contributed by atoms with Gasteiger partial charge in [0.2, 0.25) is 0 Å². The quantitative estimate of drug-likeness (QED) is 0.654. The van der Waals surface area contributed by atoms with Gasteiger partial charge in [0, 0.05) is 25.2 Å². The van der Waals surface area contributed by atoms with Gasteiger partial charge in [-0.15, -0.1) is 0 Å². The number of fused-ring (bicyclic) bond motifs is 1. The molecular weight excluding hydrogens is 258 g/mol. The van der Waals surface area contributed by atoms with Crippen LogP contribution in [0, 0.1) is 16.0 Å². The van der Waals surface area contributed by atoms with Crippen molar-refractivity contribution < 1.29 is 9.72 Å². The second-order valence-corrected chi connectivity index (χ2v) is 5.42. The van der Waals surface area contributed by atoms with E-state index in [0.29, 0.717) is 25.0 Å². The molecule has 0 radical (unpaired) electrons. The molecule has 106 valence electrons. The fraction of sp³-hybridized carbons (Fsp3) is 0.500. The van der Waals surface area contributed by atoms with Gasteiger partial charge in [0.25, 0.3) is 11.6 Å². The van der Waals surface area contributed by atoms with Crippen LogP contribution in [0.25, 0.3) is 0 Å². The number of benzene rings is 1. The van der Waals surface area contributed by atoms with Crippen molar-refractivity contribution in [1.82, 2.24) is 10.2 Å². The minimum absolute atomic E-state index is 0.107. The fourth-order valence-corrected chi connectivity index (χ4v) is 3.22. The van der Waals surface area contributed by atoms with Gasteiger partial charge in [-0.3, -0.25) is 14.9 Å². The van der Waals surface area contributed by atoms with Gasteiger partial charge in [0.15, 0.2) is 0 Å². The maximum atomic E-state index is 12.5. The number of carbonyl (C=O) groups is 1. The number of rotatable bonds is 2. The van der Waals surface area contributed by atoms with E-state index in [2.05, 4.69) is 5.32 Å². The third-order valence-corrected chi connectivity index (χ3v) is 4.27. The van der Waals surface area contributed by atoms with Crippen molar-refractivity contribution in [2.24, 2.45) is 5.92 Å². The molecule has 2 aliphatic heterocycles. The van der Waals surface area contributed by atoms with Gasteiger partial charge in [-0.25, -0.2) is 0 Å². The van der Waals surface area contributed by atoms with E-state index >= 15 is 0 Å². The van der Waals surface area contributed by atoms with Gasteiger partial charge in [-0.1, -0.05) is 12.1 Å². The summed E-state index contributed by atoms with van der Waals surface area (Å²) in [5.41, 5.74) is 0.0890. The molecule has 2 saturated heterocycles. The standard InChI is InChI=1S/C14H17N3O3/c18-14(11-3-1-2-4-13(11)17(19)20)16-8-6-12-10(9-16)5-7-15-12/h1-4,10,12,15H,5-9H2. The summed E-state index contributed by atoms with van der Waals surface area (Å²) in [6, 6.07) is 6.69. The highest BCUT2D eigenvalue weighted by molar-refractivity contribution is 5.98. The predicted octanol–water partition coefficient (Wildman–Crippen LogP) is 1.42. The number of hydrogen-bond acceptors (Lipinski definition) is 4. The van der Waals surface area contributed by atoms with Crippen LogP contribution in [0.15, 0.2) is 24.3 Å². The van der Waals surface area contributed by atoms with E-state index in [9.17, 15) is 14.9 Å². The lowest BCUT2D eigenvalue weighted by Gasteiger charge is -2.34. The molecule has 6 nitrogen and oxygen atoms in total. The maximum Gasteiger partial charge on any atom is 0.282 e. The summed E-state index contributed by atoms with van der Waals surface area (Å²) < 4.78 is 0. The molecule has 2 aliphatic rings. The van der Waals surface area contributed by atoms with Crippen LogP contribution in [0.4, 0.5) is 5.69 Å². The normalized spacial score (nSPS) is 25.3. The van der Waals surface area contributed by atoms with E-state index in [1.165, 1.54) is 6.07 Å². The van der Waals surface area contributed by atoms with Crippen molar-refractivity contribution in [2.45, 2.75) is 18.9 Å². The molecule has 2 fully saturated rings. The monoisotopic (exact) mass is 275 g/mol. The van der Waals surface area contributed by atoms with Crippen LogP contribution in [-0.2, 0) is 0 Å². The Morgan fingerprint density at radius 2 is 2.15 bits per heavy atom. The first-order valence-corrected chi connectivity index (χ1v) is 6.93. The second-order valence-electron chi connectivity index (χ2n) is 5.42. The Morgan fingerprint density at radius 1 is 1.35 bits per heavy atom. The van der Waals surface area contributed by atoms with E-state index in [0.717, 1.165) is 19.4 Å². The first-order chi connectivity index (χ1) is 9.66. The van der Waals surface area contributed by atoms with Gasteiger partial charge in [-0.05, 0) is 31.4 Å². The predicted molar refractivity (Wildman–Crippen MR) is 73.5 cm³/mol. The molecule has 1 amide bonds. The molecule has 20 heavy (non-hydrogen) atoms. The highest BCUT2D eigenvalue weighted by Crippen LogP contribution is 2.27. The van der Waals surface area contributed by atoms with Crippen molar-refractivity contribution in [3.8, 4) is 0 Å². The summed E-state index contributed by atoms with van der Waals surface area (Å²) in [6.07, 6.45) is 2.00. The second kappa shape index (κ2) is 5.20. The van der Waals surface area contributed by atoms with E-state index in [4.69, 9.17) is 0 Å². The van der Waals surface area contributed by atoms with Crippen LogP contribution < -0.4 is 5.32 Å². The Labute approximate surface area is 116 Å². The Kier molecular flexibility index (Phi) is 3.40. The summed E-state index contributed by atoms with van der Waals surface area (Å²) in [5, 5.41) is 14.5. The van der Waals surface area contributed by atoms with Crippen LogP contribution in [0.3, 0.4) is 0 Å². The van der Waals surface area contributed by atoms with Crippen molar-refractivity contribution >= 4 is 11.6 Å². The third-order valence-electron chi connectivity index (χ3n) is 4.27. The lowest BCUT2D eigenvalue weighted by atomic mass is 9.93. The molecule has 1 aromatic rings. The lowest BCUT2D eigenvalue weighted by Crippen LogP contribution is -2.47. The molecule has 2 atom stereocenters. The van der Waals surface area contributed by atoms with Crippen molar-refractivity contribution in [2.75, 3.05) is 19.6 Å². The zero-order valence-corrected chi connectivity index (χ0v) is 11.1. The van der Waals surface area contributed by atoms with Crippen LogP contribution >= 0.6 is 0 Å². The number of amides is 1. The number of nitrogens with one attached hydrogen (secondary N) is 1. The number of nitro groups is 1. The number of nitrogens with zero attached hydrogens (tertiary/aromatic N) is 2. The molecule has 0 bridgehead atoms. The molecule has 6 heteroatoms. The lowest BCUT2D eigenvalue weighted by molar-refractivity contribution is -0.385. The number of hydrogen-bond donors (Lipinski definition) is 1. The first-order valence-electron chi connectivity index (χ1n) is 6.93. The summed E-state index contributed by atoms with van der Waals surface area (Å²) in [7, 11) is 0. The van der Waals surface area contributed by atoms with Crippen LogP contribution in [0.5, 0.6) is 0 Å². The average molecular weight is 275 g/mol. The Balaban J connectivity index is 1.81. The van der Waals surface area contributed by atoms with Crippen LogP contribution in [0.1, 0.15) is 23.2 Å². The zero-order chi connectivity index (χ0) is 14.1. The van der Waals surface area contributed by atoms with Crippen LogP contribution in [-0.4, -0.2) is 41.4 Å².